The molecular formula is C9H11NO4S. The van der Waals surface area contributed by atoms with Crippen molar-refractivity contribution >= 4 is 18.6 Å². The Hall–Kier alpha value is -1.08. The second kappa shape index (κ2) is 6.41. The van der Waals surface area contributed by atoms with Gasteiger partial charge in [-0.1, -0.05) is 0 Å². The van der Waals surface area contributed by atoms with Crippen LogP contribution in [0.2, 0.25) is 0 Å². The lowest BCUT2D eigenvalue weighted by Crippen LogP contribution is -2.10. The molecule has 0 aromatic heterocycles. The predicted octanol–water partition coefficient (Wildman–Crippen LogP) is 1.87. The number of nitrogens with zero attached hydrogens (tertiary/aromatic N) is 1. The Bertz CT molecular complexity index is 301. The van der Waals surface area contributed by atoms with Gasteiger partial charge in [0.25, 0.3) is 12.3 Å². The van der Waals surface area contributed by atoms with Gasteiger partial charge in [0.05, 0.1) is 0 Å². The number of rotatable bonds is 6. The number of carbonyl (C=O) groups excluding carboxylic acids is 1. The second-order valence-electron chi connectivity index (χ2n) is 2.79. The third-order valence-corrected chi connectivity index (χ3v) is 1.73. The SMILES string of the molecule is CN(C)OOSOc1ccc(C=O)cc1. The van der Waals surface area contributed by atoms with Gasteiger partial charge in [0.1, 0.15) is 12.0 Å². The zero-order valence-corrected chi connectivity index (χ0v) is 9.19. The molecule has 1 rings (SSSR count). The highest BCUT2D eigenvalue weighted by Crippen LogP contribution is 2.17. The minimum absolute atomic E-state index is 0.577. The first-order chi connectivity index (χ1) is 7.22. The van der Waals surface area contributed by atoms with E-state index in [-0.39, 0.29) is 0 Å². The van der Waals surface area contributed by atoms with Crippen molar-refractivity contribution in [3.05, 3.63) is 29.8 Å². The Morgan fingerprint density at radius 1 is 1.27 bits per heavy atom. The first-order valence-electron chi connectivity index (χ1n) is 4.13. The maximum absolute atomic E-state index is 10.4. The van der Waals surface area contributed by atoms with Crippen LogP contribution in [0.1, 0.15) is 10.4 Å². The molecule has 0 spiro atoms. The van der Waals surface area contributed by atoms with Crippen molar-refractivity contribution in [1.82, 2.24) is 5.06 Å². The molecule has 1 aromatic carbocycles. The van der Waals surface area contributed by atoms with Crippen molar-refractivity contribution in [2.24, 2.45) is 0 Å². The number of carbonyl (C=O) groups is 1. The van der Waals surface area contributed by atoms with E-state index in [1.54, 1.807) is 38.4 Å². The Balaban J connectivity index is 2.28. The fourth-order valence-corrected chi connectivity index (χ4v) is 1.09. The number of hydroxylamine groups is 2. The van der Waals surface area contributed by atoms with E-state index in [9.17, 15) is 4.79 Å². The fraction of sp³-hybridized carbons (Fsp3) is 0.222. The molecule has 0 fully saturated rings. The lowest BCUT2D eigenvalue weighted by molar-refractivity contribution is -0.342. The number of hydrogen-bond acceptors (Lipinski definition) is 6. The summed E-state index contributed by atoms with van der Waals surface area (Å²) in [7, 11) is 3.36. The number of hydrogen-bond donors (Lipinski definition) is 0. The van der Waals surface area contributed by atoms with E-state index >= 15 is 0 Å². The van der Waals surface area contributed by atoms with Crippen LogP contribution in [0.4, 0.5) is 0 Å². The van der Waals surface area contributed by atoms with E-state index in [1.165, 1.54) is 5.06 Å². The van der Waals surface area contributed by atoms with Gasteiger partial charge in [-0.3, -0.25) is 4.79 Å². The topological polar surface area (TPSA) is 48.0 Å². The van der Waals surface area contributed by atoms with Gasteiger partial charge >= 0.3 is 0 Å². The van der Waals surface area contributed by atoms with Crippen LogP contribution in [0.25, 0.3) is 0 Å². The van der Waals surface area contributed by atoms with Crippen molar-refractivity contribution in [2.75, 3.05) is 14.1 Å². The molecule has 0 N–H and O–H groups in total. The van der Waals surface area contributed by atoms with E-state index in [2.05, 4.69) is 9.32 Å². The molecule has 0 unspecified atom stereocenters. The minimum atomic E-state index is 0.577. The highest BCUT2D eigenvalue weighted by Gasteiger charge is 1.97. The Kier molecular flexibility index (Phi) is 5.13. The molecule has 0 aliphatic heterocycles. The Labute approximate surface area is 92.2 Å². The summed E-state index contributed by atoms with van der Waals surface area (Å²) < 4.78 is 9.69. The van der Waals surface area contributed by atoms with Gasteiger partial charge < -0.3 is 4.18 Å². The molecule has 0 aliphatic carbocycles. The summed E-state index contributed by atoms with van der Waals surface area (Å²) in [4.78, 5) is 15.0. The fourth-order valence-electron chi connectivity index (χ4n) is 0.728. The summed E-state index contributed by atoms with van der Waals surface area (Å²) >= 11 is 0.696. The molecule has 0 saturated carbocycles. The van der Waals surface area contributed by atoms with Crippen LogP contribution in [0.3, 0.4) is 0 Å². The average molecular weight is 229 g/mol. The first kappa shape index (κ1) is 12.0. The van der Waals surface area contributed by atoms with E-state index in [0.717, 1.165) is 6.29 Å². The van der Waals surface area contributed by atoms with Crippen LogP contribution in [0.15, 0.2) is 24.3 Å². The molecule has 1 aromatic rings. The molecule has 0 atom stereocenters. The third kappa shape index (κ3) is 4.80. The smallest absolute Gasteiger partial charge is 0.260 e. The largest absolute Gasteiger partial charge is 0.399 e. The standard InChI is InChI=1S/C9H11NO4S/c1-10(2)13-14-15-12-9-5-3-8(7-11)4-6-9/h3-7H,1-2H3. The monoisotopic (exact) mass is 229 g/mol. The quantitative estimate of drug-likeness (QED) is 0.244. The molecule has 82 valence electrons. The summed E-state index contributed by atoms with van der Waals surface area (Å²) in [5.74, 6) is 0.577. The maximum atomic E-state index is 10.4. The molecule has 0 bridgehead atoms. The van der Waals surface area contributed by atoms with Crippen LogP contribution in [0.5, 0.6) is 5.75 Å². The van der Waals surface area contributed by atoms with Gasteiger partial charge in [0, 0.05) is 19.7 Å². The lowest BCUT2D eigenvalue weighted by atomic mass is 10.2. The number of aldehydes is 1. The van der Waals surface area contributed by atoms with E-state index in [0.29, 0.717) is 23.6 Å². The molecule has 0 aliphatic rings. The molecule has 15 heavy (non-hydrogen) atoms. The molecule has 0 saturated heterocycles. The van der Waals surface area contributed by atoms with Crippen LogP contribution in [-0.4, -0.2) is 25.4 Å². The first-order valence-corrected chi connectivity index (χ1v) is 4.79. The van der Waals surface area contributed by atoms with Gasteiger partial charge in [0.15, 0.2) is 0 Å². The number of benzene rings is 1. The molecule has 0 amide bonds. The van der Waals surface area contributed by atoms with Crippen LogP contribution < -0.4 is 4.18 Å². The zero-order chi connectivity index (χ0) is 11.1. The van der Waals surface area contributed by atoms with E-state index in [4.69, 9.17) is 4.18 Å². The lowest BCUT2D eigenvalue weighted by Gasteiger charge is -2.06. The van der Waals surface area contributed by atoms with Gasteiger partial charge in [-0.15, -0.1) is 9.32 Å². The van der Waals surface area contributed by atoms with Crippen molar-refractivity contribution in [1.29, 1.82) is 0 Å². The van der Waals surface area contributed by atoms with E-state index in [1.807, 2.05) is 0 Å². The van der Waals surface area contributed by atoms with Crippen molar-refractivity contribution in [3.8, 4) is 5.75 Å². The predicted molar refractivity (Wildman–Crippen MR) is 55.9 cm³/mol. The molecule has 0 heterocycles. The normalized spacial score (nSPS) is 10.3. The Morgan fingerprint density at radius 3 is 2.47 bits per heavy atom. The maximum Gasteiger partial charge on any atom is 0.260 e. The average Bonchev–Trinajstić information content (AvgIpc) is 2.25. The van der Waals surface area contributed by atoms with Crippen molar-refractivity contribution < 1.29 is 18.3 Å². The highest BCUT2D eigenvalue weighted by atomic mass is 32.2. The summed E-state index contributed by atoms with van der Waals surface area (Å²) in [5.41, 5.74) is 0.595. The van der Waals surface area contributed by atoms with Crippen LogP contribution >= 0.6 is 12.3 Å². The Morgan fingerprint density at radius 2 is 1.93 bits per heavy atom. The minimum Gasteiger partial charge on any atom is -0.399 e. The van der Waals surface area contributed by atoms with Gasteiger partial charge in [-0.25, -0.2) is 0 Å². The van der Waals surface area contributed by atoms with Crippen LogP contribution in [-0.2, 0) is 9.32 Å². The van der Waals surface area contributed by atoms with Crippen LogP contribution in [0, 0.1) is 0 Å². The molecule has 0 radical (unpaired) electrons. The third-order valence-electron chi connectivity index (χ3n) is 1.35. The highest BCUT2D eigenvalue weighted by molar-refractivity contribution is 7.90. The van der Waals surface area contributed by atoms with E-state index < -0.39 is 0 Å². The van der Waals surface area contributed by atoms with Gasteiger partial charge in [0.2, 0.25) is 0 Å². The molecule has 5 nitrogen and oxygen atoms in total. The molecule has 6 heteroatoms. The van der Waals surface area contributed by atoms with Crippen molar-refractivity contribution in [3.63, 3.8) is 0 Å². The van der Waals surface area contributed by atoms with Crippen molar-refractivity contribution in [2.45, 2.75) is 0 Å². The second-order valence-corrected chi connectivity index (χ2v) is 3.23. The van der Waals surface area contributed by atoms with Gasteiger partial charge in [-0.05, 0) is 24.3 Å². The summed E-state index contributed by atoms with van der Waals surface area (Å²) in [6.45, 7) is 0. The van der Waals surface area contributed by atoms with Gasteiger partial charge in [-0.2, -0.15) is 5.06 Å². The summed E-state index contributed by atoms with van der Waals surface area (Å²) in [6, 6.07) is 6.62. The zero-order valence-electron chi connectivity index (χ0n) is 8.38. The summed E-state index contributed by atoms with van der Waals surface area (Å²) in [5, 5.41) is 1.38. The summed E-state index contributed by atoms with van der Waals surface area (Å²) in [6.07, 6.45) is 0.766. The molecular weight excluding hydrogens is 218 g/mol.